The van der Waals surface area contributed by atoms with Gasteiger partial charge in [-0.1, -0.05) is 0 Å². The molecule has 1 saturated heterocycles. The minimum Gasteiger partial charge on any atom is -0.309 e. The molecule has 4 heteroatoms. The molecule has 0 amide bonds. The molecule has 0 saturated carbocycles. The minimum atomic E-state index is 0.534. The molecule has 0 aliphatic carbocycles. The summed E-state index contributed by atoms with van der Waals surface area (Å²) in [6.07, 6.45) is 6.28. The lowest BCUT2D eigenvalue weighted by Gasteiger charge is -2.21. The molecule has 1 unspecified atom stereocenters. The van der Waals surface area contributed by atoms with E-state index in [0.717, 1.165) is 13.1 Å². The van der Waals surface area contributed by atoms with Crippen molar-refractivity contribution < 1.29 is 0 Å². The molecule has 0 bridgehead atoms. The molecule has 1 aliphatic heterocycles. The average molecular weight is 220 g/mol. The van der Waals surface area contributed by atoms with Gasteiger partial charge in [0.15, 0.2) is 0 Å². The molecule has 0 aromatic carbocycles. The summed E-state index contributed by atoms with van der Waals surface area (Å²) in [4.78, 5) is 2.53. The maximum atomic E-state index is 3.87. The van der Waals surface area contributed by atoms with Crippen molar-refractivity contribution in [3.8, 4) is 0 Å². The second kappa shape index (κ2) is 5.92. The Hall–Kier alpha value is -1.00. The second-order valence-corrected chi connectivity index (χ2v) is 4.54. The highest BCUT2D eigenvalue weighted by molar-refractivity contribution is 5.04. The fraction of sp³-hybridized carbons (Fsp3) is 0.667. The van der Waals surface area contributed by atoms with E-state index in [4.69, 9.17) is 0 Å². The maximum absolute atomic E-state index is 3.87. The van der Waals surface area contributed by atoms with Gasteiger partial charge in [0.25, 0.3) is 0 Å². The predicted octanol–water partition coefficient (Wildman–Crippen LogP) is 1.05. The van der Waals surface area contributed by atoms with Gasteiger partial charge in [-0.05, 0) is 44.5 Å². The van der Waals surface area contributed by atoms with E-state index in [1.165, 1.54) is 31.5 Å². The van der Waals surface area contributed by atoms with E-state index in [9.17, 15) is 0 Å². The molecule has 1 N–H and O–H groups in total. The van der Waals surface area contributed by atoms with Gasteiger partial charge in [0.2, 0.25) is 0 Å². The zero-order chi connectivity index (χ0) is 11.2. The first-order valence-corrected chi connectivity index (χ1v) is 6.06. The SMILES string of the molecule is CC(CN1CCCC1)NCc1ccnnc1. The number of hydrogen-bond donors (Lipinski definition) is 1. The van der Waals surface area contributed by atoms with Crippen molar-refractivity contribution in [2.75, 3.05) is 19.6 Å². The predicted molar refractivity (Wildman–Crippen MR) is 64.0 cm³/mol. The molecule has 1 aromatic heterocycles. The van der Waals surface area contributed by atoms with Gasteiger partial charge in [0, 0.05) is 25.3 Å². The van der Waals surface area contributed by atoms with Crippen LogP contribution in [-0.4, -0.2) is 40.8 Å². The van der Waals surface area contributed by atoms with Crippen molar-refractivity contribution >= 4 is 0 Å². The van der Waals surface area contributed by atoms with Gasteiger partial charge < -0.3 is 10.2 Å². The van der Waals surface area contributed by atoms with Crippen LogP contribution in [0.3, 0.4) is 0 Å². The average Bonchev–Trinajstić information content (AvgIpc) is 2.81. The minimum absolute atomic E-state index is 0.534. The van der Waals surface area contributed by atoms with Crippen molar-refractivity contribution in [2.45, 2.75) is 32.4 Å². The molecule has 2 rings (SSSR count). The maximum Gasteiger partial charge on any atom is 0.0541 e. The Morgan fingerprint density at radius 1 is 1.38 bits per heavy atom. The third-order valence-electron chi connectivity index (χ3n) is 3.03. The Kier molecular flexibility index (Phi) is 4.25. The van der Waals surface area contributed by atoms with Gasteiger partial charge in [0.05, 0.1) is 6.20 Å². The molecule has 1 atom stereocenters. The first kappa shape index (κ1) is 11.5. The highest BCUT2D eigenvalue weighted by Crippen LogP contribution is 2.07. The summed E-state index contributed by atoms with van der Waals surface area (Å²) in [6.45, 7) is 6.81. The van der Waals surface area contributed by atoms with Crippen LogP contribution in [0.5, 0.6) is 0 Å². The third kappa shape index (κ3) is 3.54. The van der Waals surface area contributed by atoms with E-state index in [0.29, 0.717) is 6.04 Å². The van der Waals surface area contributed by atoms with Gasteiger partial charge >= 0.3 is 0 Å². The topological polar surface area (TPSA) is 41.0 Å². The molecule has 0 spiro atoms. The molecule has 1 fully saturated rings. The fourth-order valence-corrected chi connectivity index (χ4v) is 2.13. The monoisotopic (exact) mass is 220 g/mol. The van der Waals surface area contributed by atoms with E-state index in [-0.39, 0.29) is 0 Å². The first-order chi connectivity index (χ1) is 7.84. The van der Waals surface area contributed by atoms with Crippen molar-refractivity contribution in [3.63, 3.8) is 0 Å². The lowest BCUT2D eigenvalue weighted by atomic mass is 10.2. The lowest BCUT2D eigenvalue weighted by Crippen LogP contribution is -2.37. The molecule has 0 radical (unpaired) electrons. The number of nitrogens with zero attached hydrogens (tertiary/aromatic N) is 3. The van der Waals surface area contributed by atoms with Crippen molar-refractivity contribution in [1.29, 1.82) is 0 Å². The smallest absolute Gasteiger partial charge is 0.0541 e. The molecule has 4 nitrogen and oxygen atoms in total. The van der Waals surface area contributed by atoms with E-state index in [1.54, 1.807) is 6.20 Å². The standard InChI is InChI=1S/C12H20N4/c1-11(10-16-6-2-3-7-16)13-8-12-4-5-14-15-9-12/h4-5,9,11,13H,2-3,6-8,10H2,1H3. The fourth-order valence-electron chi connectivity index (χ4n) is 2.13. The zero-order valence-electron chi connectivity index (χ0n) is 9.89. The molecular weight excluding hydrogens is 200 g/mol. The molecule has 1 aromatic rings. The summed E-state index contributed by atoms with van der Waals surface area (Å²) in [7, 11) is 0. The number of aromatic nitrogens is 2. The van der Waals surface area contributed by atoms with Crippen LogP contribution in [-0.2, 0) is 6.54 Å². The summed E-state index contributed by atoms with van der Waals surface area (Å²) in [6, 6.07) is 2.54. The molecule has 88 valence electrons. The van der Waals surface area contributed by atoms with Crippen LogP contribution in [0.1, 0.15) is 25.3 Å². The van der Waals surface area contributed by atoms with Crippen LogP contribution in [0.2, 0.25) is 0 Å². The van der Waals surface area contributed by atoms with E-state index in [2.05, 4.69) is 27.3 Å². The third-order valence-corrected chi connectivity index (χ3v) is 3.03. The normalized spacial score (nSPS) is 18.8. The van der Waals surface area contributed by atoms with Crippen molar-refractivity contribution in [2.24, 2.45) is 0 Å². The number of likely N-dealkylation sites (tertiary alicyclic amines) is 1. The number of hydrogen-bond acceptors (Lipinski definition) is 4. The molecular formula is C12H20N4. The zero-order valence-corrected chi connectivity index (χ0v) is 9.89. The number of rotatable bonds is 5. The summed E-state index contributed by atoms with van der Waals surface area (Å²) < 4.78 is 0. The van der Waals surface area contributed by atoms with Crippen LogP contribution in [0.15, 0.2) is 18.5 Å². The van der Waals surface area contributed by atoms with Gasteiger partial charge in [-0.15, -0.1) is 0 Å². The Balaban J connectivity index is 1.69. The van der Waals surface area contributed by atoms with Gasteiger partial charge in [-0.3, -0.25) is 0 Å². The largest absolute Gasteiger partial charge is 0.309 e. The molecule has 1 aliphatic rings. The Morgan fingerprint density at radius 3 is 2.88 bits per heavy atom. The van der Waals surface area contributed by atoms with E-state index < -0.39 is 0 Å². The Labute approximate surface area is 97.1 Å². The number of nitrogens with one attached hydrogen (secondary N) is 1. The van der Waals surface area contributed by atoms with Crippen molar-refractivity contribution in [3.05, 3.63) is 24.0 Å². The molecule has 16 heavy (non-hydrogen) atoms. The summed E-state index contributed by atoms with van der Waals surface area (Å²) in [5.74, 6) is 0. The van der Waals surface area contributed by atoms with E-state index in [1.807, 2.05) is 12.3 Å². The van der Waals surface area contributed by atoms with Gasteiger partial charge in [-0.25, -0.2) is 0 Å². The highest BCUT2D eigenvalue weighted by atomic mass is 15.2. The van der Waals surface area contributed by atoms with Crippen molar-refractivity contribution in [1.82, 2.24) is 20.4 Å². The lowest BCUT2D eigenvalue weighted by molar-refractivity contribution is 0.298. The quantitative estimate of drug-likeness (QED) is 0.805. The summed E-state index contributed by atoms with van der Waals surface area (Å²) in [5, 5.41) is 11.2. The Bertz CT molecular complexity index is 295. The Morgan fingerprint density at radius 2 is 2.19 bits per heavy atom. The van der Waals surface area contributed by atoms with Crippen LogP contribution in [0.25, 0.3) is 0 Å². The summed E-state index contributed by atoms with van der Waals surface area (Å²) >= 11 is 0. The van der Waals surface area contributed by atoms with Crippen LogP contribution < -0.4 is 5.32 Å². The first-order valence-electron chi connectivity index (χ1n) is 6.06. The van der Waals surface area contributed by atoms with Gasteiger partial charge in [0.1, 0.15) is 0 Å². The van der Waals surface area contributed by atoms with Crippen LogP contribution in [0.4, 0.5) is 0 Å². The molecule has 2 heterocycles. The second-order valence-electron chi connectivity index (χ2n) is 4.54. The van der Waals surface area contributed by atoms with Gasteiger partial charge in [-0.2, -0.15) is 10.2 Å². The van der Waals surface area contributed by atoms with E-state index >= 15 is 0 Å². The van der Waals surface area contributed by atoms with Crippen LogP contribution >= 0.6 is 0 Å². The van der Waals surface area contributed by atoms with Crippen LogP contribution in [0, 0.1) is 0 Å². The summed E-state index contributed by atoms with van der Waals surface area (Å²) in [5.41, 5.74) is 1.20. The highest BCUT2D eigenvalue weighted by Gasteiger charge is 2.13.